The fraction of sp³-hybridized carbons (Fsp3) is 0.400. The first-order valence-corrected chi connectivity index (χ1v) is 15.6. The highest BCUT2D eigenvalue weighted by molar-refractivity contribution is 6.06. The topological polar surface area (TPSA) is 112 Å². The maximum absolute atomic E-state index is 14.6. The van der Waals surface area contributed by atoms with Gasteiger partial charge in [0.05, 0.1) is 41.4 Å². The van der Waals surface area contributed by atoms with E-state index < -0.39 is 11.4 Å². The number of likely N-dealkylation sites (tertiary alicyclic amines) is 2. The molecule has 0 bridgehead atoms. The lowest BCUT2D eigenvalue weighted by molar-refractivity contribution is -0.128. The van der Waals surface area contributed by atoms with Crippen molar-refractivity contribution in [1.82, 2.24) is 25.1 Å². The number of pyridine rings is 1. The van der Waals surface area contributed by atoms with Crippen LogP contribution in [0.25, 0.3) is 11.3 Å². The van der Waals surface area contributed by atoms with Gasteiger partial charge in [-0.3, -0.25) is 19.5 Å². The number of ether oxygens (including phenoxy) is 2. The average Bonchev–Trinajstić information content (AvgIpc) is 3.78. The Bertz CT molecular complexity index is 1730. The van der Waals surface area contributed by atoms with E-state index in [9.17, 15) is 14.0 Å². The SMILES string of the molecule is COc1c(F)cccc1Nc1c(-c2ccncc2C#C[C@@]2(C)CCCN2C(=O)/C=C/CN2CC[C@@H](OC)C2)[nH]c2c1C(=O)NCC2. The van der Waals surface area contributed by atoms with E-state index in [1.165, 1.54) is 13.2 Å². The van der Waals surface area contributed by atoms with Crippen molar-refractivity contribution in [2.75, 3.05) is 52.3 Å². The molecule has 0 saturated carbocycles. The van der Waals surface area contributed by atoms with Crippen LogP contribution in [-0.4, -0.2) is 90.2 Å². The van der Waals surface area contributed by atoms with E-state index in [1.54, 1.807) is 37.7 Å². The number of aromatic amines is 1. The summed E-state index contributed by atoms with van der Waals surface area (Å²) in [6.07, 6.45) is 10.4. The highest BCUT2D eigenvalue weighted by Crippen LogP contribution is 2.40. The predicted octanol–water partition coefficient (Wildman–Crippen LogP) is 4.26. The van der Waals surface area contributed by atoms with Gasteiger partial charge in [0.25, 0.3) is 5.91 Å². The van der Waals surface area contributed by atoms with Gasteiger partial charge < -0.3 is 30.0 Å². The van der Waals surface area contributed by atoms with Gasteiger partial charge in [-0.25, -0.2) is 4.39 Å². The molecular weight excluding hydrogens is 587 g/mol. The van der Waals surface area contributed by atoms with Gasteiger partial charge >= 0.3 is 0 Å². The third-order valence-electron chi connectivity index (χ3n) is 9.05. The number of hydrogen-bond acceptors (Lipinski definition) is 7. The number of anilines is 2. The fourth-order valence-corrected chi connectivity index (χ4v) is 6.56. The molecule has 0 unspecified atom stereocenters. The summed E-state index contributed by atoms with van der Waals surface area (Å²) in [4.78, 5) is 38.3. The number of carbonyl (C=O) groups is 2. The summed E-state index contributed by atoms with van der Waals surface area (Å²) < 4.78 is 25.4. The number of fused-ring (bicyclic) bond motifs is 1. The molecule has 11 heteroatoms. The zero-order valence-electron chi connectivity index (χ0n) is 26.4. The first-order valence-electron chi connectivity index (χ1n) is 15.6. The Morgan fingerprint density at radius 2 is 2.15 bits per heavy atom. The monoisotopic (exact) mass is 626 g/mol. The first-order chi connectivity index (χ1) is 22.3. The summed E-state index contributed by atoms with van der Waals surface area (Å²) in [5.74, 6) is 5.96. The Labute approximate surface area is 268 Å². The largest absolute Gasteiger partial charge is 0.492 e. The summed E-state index contributed by atoms with van der Waals surface area (Å²) in [5.41, 5.74) is 3.43. The summed E-state index contributed by atoms with van der Waals surface area (Å²) in [6.45, 7) is 5.66. The number of amides is 2. The van der Waals surface area contributed by atoms with E-state index in [0.717, 1.165) is 43.6 Å². The van der Waals surface area contributed by atoms with Crippen LogP contribution in [0.1, 0.15) is 47.8 Å². The van der Waals surface area contributed by atoms with Crippen molar-refractivity contribution in [3.63, 3.8) is 0 Å². The number of nitrogens with one attached hydrogen (secondary N) is 3. The molecule has 0 radical (unpaired) electrons. The molecule has 2 saturated heterocycles. The normalized spacial score (nSPS) is 21.2. The van der Waals surface area contributed by atoms with Crippen LogP contribution in [0.5, 0.6) is 5.75 Å². The molecule has 3 aliphatic heterocycles. The number of aromatic nitrogens is 2. The van der Waals surface area contributed by atoms with Gasteiger partial charge in [0.1, 0.15) is 5.54 Å². The molecule has 240 valence electrons. The van der Waals surface area contributed by atoms with Crippen LogP contribution in [0.2, 0.25) is 0 Å². The summed E-state index contributed by atoms with van der Waals surface area (Å²) in [6, 6.07) is 6.43. The molecule has 3 aliphatic rings. The number of hydrogen-bond donors (Lipinski definition) is 3. The molecular formula is C35H39FN6O4. The van der Waals surface area contributed by atoms with E-state index in [1.807, 2.05) is 24.0 Å². The van der Waals surface area contributed by atoms with Crippen molar-refractivity contribution in [1.29, 1.82) is 0 Å². The van der Waals surface area contributed by atoms with Gasteiger partial charge in [0.15, 0.2) is 11.6 Å². The summed E-state index contributed by atoms with van der Waals surface area (Å²) >= 11 is 0. The van der Waals surface area contributed by atoms with E-state index in [4.69, 9.17) is 9.47 Å². The number of rotatable bonds is 8. The molecule has 46 heavy (non-hydrogen) atoms. The zero-order valence-corrected chi connectivity index (χ0v) is 26.4. The Morgan fingerprint density at radius 3 is 2.96 bits per heavy atom. The van der Waals surface area contributed by atoms with Crippen molar-refractivity contribution in [3.8, 4) is 28.8 Å². The van der Waals surface area contributed by atoms with Crippen LogP contribution in [-0.2, 0) is 16.0 Å². The molecule has 1 aromatic carbocycles. The molecule has 6 rings (SSSR count). The Morgan fingerprint density at radius 1 is 1.28 bits per heavy atom. The fourth-order valence-electron chi connectivity index (χ4n) is 6.56. The number of H-pyrrole nitrogens is 1. The second-order valence-electron chi connectivity index (χ2n) is 12.0. The molecule has 3 aromatic rings. The molecule has 2 amide bonds. The smallest absolute Gasteiger partial charge is 0.255 e. The van der Waals surface area contributed by atoms with Crippen LogP contribution < -0.4 is 15.4 Å². The maximum atomic E-state index is 14.6. The van der Waals surface area contributed by atoms with Crippen LogP contribution in [0, 0.1) is 17.7 Å². The van der Waals surface area contributed by atoms with Gasteiger partial charge in [0, 0.05) is 76.0 Å². The van der Waals surface area contributed by atoms with Gasteiger partial charge in [0.2, 0.25) is 5.91 Å². The number of para-hydroxylation sites is 1. The summed E-state index contributed by atoms with van der Waals surface area (Å²) in [7, 11) is 3.14. The lowest BCUT2D eigenvalue weighted by Gasteiger charge is -2.29. The van der Waals surface area contributed by atoms with Gasteiger partial charge in [-0.05, 0) is 44.4 Å². The predicted molar refractivity (Wildman–Crippen MR) is 174 cm³/mol. The molecule has 2 fully saturated rings. The first kappa shape index (κ1) is 31.3. The van der Waals surface area contributed by atoms with E-state index in [2.05, 4.69) is 37.3 Å². The van der Waals surface area contributed by atoms with Gasteiger partial charge in [-0.2, -0.15) is 0 Å². The van der Waals surface area contributed by atoms with E-state index >= 15 is 0 Å². The van der Waals surface area contributed by atoms with Crippen LogP contribution in [0.3, 0.4) is 0 Å². The molecule has 2 aromatic heterocycles. The Hall–Kier alpha value is -4.66. The summed E-state index contributed by atoms with van der Waals surface area (Å²) in [5, 5.41) is 6.18. The molecule has 5 heterocycles. The Balaban J connectivity index is 1.30. The number of carbonyl (C=O) groups excluding carboxylic acids is 2. The van der Waals surface area contributed by atoms with Crippen LogP contribution >= 0.6 is 0 Å². The highest BCUT2D eigenvalue weighted by Gasteiger charge is 2.37. The number of nitrogens with zero attached hydrogens (tertiary/aromatic N) is 3. The number of benzene rings is 1. The Kier molecular flexibility index (Phi) is 9.10. The van der Waals surface area contributed by atoms with Crippen molar-refractivity contribution in [2.24, 2.45) is 0 Å². The van der Waals surface area contributed by atoms with E-state index in [0.29, 0.717) is 54.3 Å². The molecule has 0 aliphatic carbocycles. The van der Waals surface area contributed by atoms with Crippen molar-refractivity contribution in [2.45, 2.75) is 44.2 Å². The molecule has 3 N–H and O–H groups in total. The third-order valence-corrected chi connectivity index (χ3v) is 9.05. The lowest BCUT2D eigenvalue weighted by atomic mass is 9.97. The molecule has 10 nitrogen and oxygen atoms in total. The molecule has 2 atom stereocenters. The quantitative estimate of drug-likeness (QED) is 0.253. The average molecular weight is 627 g/mol. The van der Waals surface area contributed by atoms with Gasteiger partial charge in [-0.1, -0.05) is 24.0 Å². The molecule has 0 spiro atoms. The van der Waals surface area contributed by atoms with Crippen molar-refractivity contribution >= 4 is 23.2 Å². The highest BCUT2D eigenvalue weighted by atomic mass is 19.1. The maximum Gasteiger partial charge on any atom is 0.255 e. The van der Waals surface area contributed by atoms with Crippen LogP contribution in [0.15, 0.2) is 48.8 Å². The van der Waals surface area contributed by atoms with Crippen LogP contribution in [0.4, 0.5) is 15.8 Å². The minimum atomic E-state index is -0.659. The van der Waals surface area contributed by atoms with Gasteiger partial charge in [-0.15, -0.1) is 0 Å². The zero-order chi connectivity index (χ0) is 32.3. The minimum absolute atomic E-state index is 0.0435. The minimum Gasteiger partial charge on any atom is -0.492 e. The lowest BCUT2D eigenvalue weighted by Crippen LogP contribution is -2.43. The van der Waals surface area contributed by atoms with Crippen molar-refractivity contribution in [3.05, 3.63) is 71.4 Å². The third kappa shape index (κ3) is 6.23. The van der Waals surface area contributed by atoms with Crippen molar-refractivity contribution < 1.29 is 23.5 Å². The van der Waals surface area contributed by atoms with E-state index in [-0.39, 0.29) is 23.7 Å². The number of methoxy groups -OCH3 is 2. The standard InChI is InChI=1S/C35H39FN6O4/c1-35(14-6-19-42(35)29(43)9-5-18-41-20-13-24(22-41)45-2)15-10-23-21-37-16-11-25(23)31-32(30-27(39-31)12-17-38-34(30)44)40-28-8-4-7-26(36)33(28)46-3/h4-5,7-9,11,16,21,24,39-40H,6,12-14,17-20,22H2,1-3H3,(H,38,44)/b9-5+/t24-,35-/m1/s1. The second-order valence-corrected chi connectivity index (χ2v) is 12.0. The number of halogens is 1. The second kappa shape index (κ2) is 13.4.